The first-order chi connectivity index (χ1) is 15.5. The molecular weight excluding hydrogens is 494 g/mol. The Bertz CT molecular complexity index is 1260. The van der Waals surface area contributed by atoms with Gasteiger partial charge in [-0.25, -0.2) is 4.90 Å². The summed E-state index contributed by atoms with van der Waals surface area (Å²) in [6.07, 6.45) is 0. The molecule has 0 aliphatic carbocycles. The molecule has 1 fully saturated rings. The third-order valence-electron chi connectivity index (χ3n) is 5.49. The molecule has 5 rings (SSSR count). The van der Waals surface area contributed by atoms with E-state index in [4.69, 9.17) is 11.6 Å². The summed E-state index contributed by atoms with van der Waals surface area (Å²) in [6, 6.07) is 21.4. The van der Waals surface area contributed by atoms with Gasteiger partial charge >= 0.3 is 0 Å². The van der Waals surface area contributed by atoms with Crippen LogP contribution in [0.5, 0.6) is 0 Å². The smallest absolute Gasteiger partial charge is 0.259 e. The summed E-state index contributed by atoms with van der Waals surface area (Å²) in [6.45, 7) is 0. The summed E-state index contributed by atoms with van der Waals surface area (Å²) in [7, 11) is 0. The molecule has 32 heavy (non-hydrogen) atoms. The predicted octanol–water partition coefficient (Wildman–Crippen LogP) is 4.72. The lowest BCUT2D eigenvalue weighted by Gasteiger charge is -2.22. The van der Waals surface area contributed by atoms with Crippen molar-refractivity contribution in [3.8, 4) is 0 Å². The van der Waals surface area contributed by atoms with Gasteiger partial charge in [0.15, 0.2) is 0 Å². The first-order valence-electron chi connectivity index (χ1n) is 9.82. The second-order valence-electron chi connectivity index (χ2n) is 7.41. The largest absolute Gasteiger partial charge is 0.287 e. The number of hydrogen-bond acceptors (Lipinski definition) is 5. The van der Waals surface area contributed by atoms with Crippen molar-refractivity contribution in [1.82, 2.24) is 0 Å². The van der Waals surface area contributed by atoms with E-state index in [0.29, 0.717) is 22.0 Å². The van der Waals surface area contributed by atoms with Crippen molar-refractivity contribution in [3.63, 3.8) is 0 Å². The van der Waals surface area contributed by atoms with E-state index in [0.717, 1.165) is 9.37 Å². The number of anilines is 2. The number of benzene rings is 3. The number of nitrogens with zero attached hydrogens (tertiary/aromatic N) is 3. The average molecular weight is 509 g/mol. The van der Waals surface area contributed by atoms with Crippen LogP contribution in [0.1, 0.15) is 10.4 Å². The molecule has 0 spiro atoms. The molecule has 2 amide bonds. The molecule has 2 aliphatic heterocycles. The molecular formula is C24H15BrClN3O3. The monoisotopic (exact) mass is 507 g/mol. The molecule has 2 atom stereocenters. The van der Waals surface area contributed by atoms with Crippen LogP contribution in [-0.4, -0.2) is 29.4 Å². The molecule has 6 nitrogen and oxygen atoms in total. The molecule has 1 saturated heterocycles. The van der Waals surface area contributed by atoms with Gasteiger partial charge in [-0.2, -0.15) is 5.10 Å². The van der Waals surface area contributed by atoms with Gasteiger partial charge in [-0.3, -0.25) is 19.4 Å². The van der Waals surface area contributed by atoms with E-state index in [9.17, 15) is 14.4 Å². The Morgan fingerprint density at radius 2 is 1.50 bits per heavy atom. The van der Waals surface area contributed by atoms with Crippen LogP contribution < -0.4 is 9.91 Å². The number of rotatable bonds is 4. The Morgan fingerprint density at radius 3 is 2.16 bits per heavy atom. The molecule has 2 aliphatic rings. The normalized spacial score (nSPS) is 19.9. The van der Waals surface area contributed by atoms with Gasteiger partial charge < -0.3 is 0 Å². The fraction of sp³-hybridized carbons (Fsp3) is 0.0833. The van der Waals surface area contributed by atoms with Crippen molar-refractivity contribution >= 4 is 62.2 Å². The van der Waals surface area contributed by atoms with Crippen LogP contribution in [0.4, 0.5) is 11.4 Å². The number of para-hydroxylation sites is 1. The van der Waals surface area contributed by atoms with E-state index in [1.54, 1.807) is 60.7 Å². The highest BCUT2D eigenvalue weighted by Crippen LogP contribution is 2.38. The number of hydrazone groups is 1. The number of Topliss-reactive ketones (excluding diaryl/α,β-unsaturated/α-hetero) is 1. The van der Waals surface area contributed by atoms with Crippen LogP contribution in [0, 0.1) is 5.92 Å². The van der Waals surface area contributed by atoms with Crippen LogP contribution in [0.15, 0.2) is 88.4 Å². The van der Waals surface area contributed by atoms with Crippen molar-refractivity contribution in [3.05, 3.63) is 93.9 Å². The summed E-state index contributed by atoms with van der Waals surface area (Å²) in [5, 5.41) is 6.45. The number of ketones is 1. The fourth-order valence-electron chi connectivity index (χ4n) is 3.99. The molecule has 0 bridgehead atoms. The molecule has 3 aromatic carbocycles. The molecule has 0 radical (unpaired) electrons. The number of fused-ring (bicyclic) bond motifs is 1. The maximum atomic E-state index is 13.5. The van der Waals surface area contributed by atoms with Crippen LogP contribution in [0.25, 0.3) is 0 Å². The van der Waals surface area contributed by atoms with E-state index in [-0.39, 0.29) is 5.71 Å². The lowest BCUT2D eigenvalue weighted by molar-refractivity contribution is -0.121. The summed E-state index contributed by atoms with van der Waals surface area (Å²) in [5.41, 5.74) is 1.47. The Kier molecular flexibility index (Phi) is 5.15. The number of hydrogen-bond donors (Lipinski definition) is 0. The molecule has 158 valence electrons. The number of imide groups is 1. The minimum absolute atomic E-state index is 0.0409. The number of carbonyl (C=O) groups excluding carboxylic acids is 3. The van der Waals surface area contributed by atoms with Crippen molar-refractivity contribution in [2.24, 2.45) is 11.0 Å². The molecule has 0 unspecified atom stereocenters. The minimum Gasteiger partial charge on any atom is -0.287 e. The van der Waals surface area contributed by atoms with E-state index >= 15 is 0 Å². The van der Waals surface area contributed by atoms with Gasteiger partial charge in [0.2, 0.25) is 11.7 Å². The van der Waals surface area contributed by atoms with Gasteiger partial charge in [-0.05, 0) is 60.7 Å². The summed E-state index contributed by atoms with van der Waals surface area (Å²) in [4.78, 5) is 41.4. The average Bonchev–Trinajstić information content (AvgIpc) is 3.32. The maximum absolute atomic E-state index is 13.5. The van der Waals surface area contributed by atoms with E-state index in [2.05, 4.69) is 21.0 Å². The zero-order chi connectivity index (χ0) is 22.4. The lowest BCUT2D eigenvalue weighted by atomic mass is 9.92. The quantitative estimate of drug-likeness (QED) is 0.378. The van der Waals surface area contributed by atoms with Crippen molar-refractivity contribution in [2.45, 2.75) is 6.04 Å². The molecule has 0 aromatic heterocycles. The Hall–Kier alpha value is -3.29. The number of amides is 2. The third kappa shape index (κ3) is 3.34. The highest BCUT2D eigenvalue weighted by atomic mass is 79.9. The first-order valence-corrected chi connectivity index (χ1v) is 11.0. The molecule has 8 heteroatoms. The molecule has 0 saturated carbocycles. The van der Waals surface area contributed by atoms with Crippen LogP contribution in [0.2, 0.25) is 5.02 Å². The standard InChI is InChI=1S/C24H15BrClN3O3/c25-15-8-12-17(13-9-15)28-23(31)19-20(22(30)14-6-10-16(26)11-7-14)27-29(21(19)24(28)32)18-4-2-1-3-5-18/h1-13,19,21H/t19-,21-/m1/s1. The zero-order valence-electron chi connectivity index (χ0n) is 16.5. The van der Waals surface area contributed by atoms with Crippen LogP contribution in [-0.2, 0) is 9.59 Å². The van der Waals surface area contributed by atoms with Gasteiger partial charge in [0, 0.05) is 15.1 Å². The molecule has 3 aromatic rings. The van der Waals surface area contributed by atoms with Gasteiger partial charge in [0.05, 0.1) is 11.4 Å². The minimum atomic E-state index is -1.01. The van der Waals surface area contributed by atoms with Gasteiger partial charge in [0.25, 0.3) is 5.91 Å². The van der Waals surface area contributed by atoms with Crippen molar-refractivity contribution < 1.29 is 14.4 Å². The number of halogens is 2. The third-order valence-corrected chi connectivity index (χ3v) is 6.27. The summed E-state index contributed by atoms with van der Waals surface area (Å²) < 4.78 is 0.826. The zero-order valence-corrected chi connectivity index (χ0v) is 18.8. The van der Waals surface area contributed by atoms with Gasteiger partial charge in [-0.15, -0.1) is 0 Å². The Labute approximate surface area is 197 Å². The summed E-state index contributed by atoms with van der Waals surface area (Å²) >= 11 is 9.31. The SMILES string of the molecule is O=C(C1=NN(c2ccccc2)[C@H]2C(=O)N(c3ccc(Br)cc3)C(=O)[C@H]12)c1ccc(Cl)cc1. The second-order valence-corrected chi connectivity index (χ2v) is 8.76. The highest BCUT2D eigenvalue weighted by molar-refractivity contribution is 9.10. The molecule has 0 N–H and O–H groups in total. The molecule has 2 heterocycles. The predicted molar refractivity (Wildman–Crippen MR) is 126 cm³/mol. The van der Waals surface area contributed by atoms with Gasteiger partial charge in [-0.1, -0.05) is 45.7 Å². The Balaban J connectivity index is 1.60. The van der Waals surface area contributed by atoms with Gasteiger partial charge in [0.1, 0.15) is 17.7 Å². The van der Waals surface area contributed by atoms with E-state index in [1.165, 1.54) is 5.01 Å². The van der Waals surface area contributed by atoms with Crippen molar-refractivity contribution in [1.29, 1.82) is 0 Å². The van der Waals surface area contributed by atoms with E-state index < -0.39 is 29.6 Å². The second kappa shape index (κ2) is 8.00. The fourth-order valence-corrected chi connectivity index (χ4v) is 4.38. The van der Waals surface area contributed by atoms with Crippen molar-refractivity contribution in [2.75, 3.05) is 9.91 Å². The topological polar surface area (TPSA) is 70.1 Å². The van der Waals surface area contributed by atoms with Crippen LogP contribution in [0.3, 0.4) is 0 Å². The van der Waals surface area contributed by atoms with E-state index in [1.807, 2.05) is 18.2 Å². The number of carbonyl (C=O) groups is 3. The first kappa shape index (κ1) is 20.6. The van der Waals surface area contributed by atoms with Crippen LogP contribution >= 0.6 is 27.5 Å². The maximum Gasteiger partial charge on any atom is 0.259 e. The highest BCUT2D eigenvalue weighted by Gasteiger charge is 2.58. The Morgan fingerprint density at radius 1 is 0.844 bits per heavy atom. The lowest BCUT2D eigenvalue weighted by Crippen LogP contribution is -2.39. The summed E-state index contributed by atoms with van der Waals surface area (Å²) in [5.74, 6) is -2.31.